The van der Waals surface area contributed by atoms with Crippen LogP contribution in [0, 0.1) is 0 Å². The van der Waals surface area contributed by atoms with Crippen LogP contribution in [0.25, 0.3) is 0 Å². The fourth-order valence-corrected chi connectivity index (χ4v) is 1.58. The Balaban J connectivity index is 1.86. The number of benzene rings is 1. The molecule has 19 heavy (non-hydrogen) atoms. The summed E-state index contributed by atoms with van der Waals surface area (Å²) in [6, 6.07) is 8.82. The summed E-state index contributed by atoms with van der Waals surface area (Å²) in [5.74, 6) is 0.962. The van der Waals surface area contributed by atoms with Gasteiger partial charge in [0.15, 0.2) is 5.78 Å². The molecule has 0 amide bonds. The van der Waals surface area contributed by atoms with Gasteiger partial charge >= 0.3 is 0 Å². The Kier molecular flexibility index (Phi) is 3.92. The highest BCUT2D eigenvalue weighted by molar-refractivity contribution is 5.84. The molecule has 0 atom stereocenters. The Morgan fingerprint density at radius 1 is 1.16 bits per heavy atom. The van der Waals surface area contributed by atoms with Gasteiger partial charge < -0.3 is 16.8 Å². The van der Waals surface area contributed by atoms with Crippen LogP contribution in [-0.4, -0.2) is 22.3 Å². The molecule has 0 fully saturated rings. The minimum Gasteiger partial charge on any atom is -0.399 e. The van der Waals surface area contributed by atoms with Crippen molar-refractivity contribution in [2.45, 2.75) is 6.42 Å². The van der Waals surface area contributed by atoms with E-state index in [4.69, 9.17) is 11.5 Å². The Labute approximate surface area is 110 Å². The minimum atomic E-state index is 0.0574. The zero-order valence-corrected chi connectivity index (χ0v) is 10.3. The van der Waals surface area contributed by atoms with E-state index in [-0.39, 0.29) is 12.3 Å². The van der Waals surface area contributed by atoms with Gasteiger partial charge in [-0.2, -0.15) is 0 Å². The molecule has 0 aliphatic heterocycles. The maximum absolute atomic E-state index is 11.8. The second kappa shape index (κ2) is 5.81. The van der Waals surface area contributed by atoms with Crippen molar-refractivity contribution in [2.75, 3.05) is 23.3 Å². The summed E-state index contributed by atoms with van der Waals surface area (Å²) in [5.41, 5.74) is 12.7. The van der Waals surface area contributed by atoms with Crippen LogP contribution in [0.3, 0.4) is 0 Å². The van der Waals surface area contributed by atoms with E-state index >= 15 is 0 Å². The van der Waals surface area contributed by atoms with Crippen molar-refractivity contribution < 1.29 is 4.79 Å². The fraction of sp³-hybridized carbons (Fsp3) is 0.154. The summed E-state index contributed by atoms with van der Waals surface area (Å²) >= 11 is 0. The molecule has 0 bridgehead atoms. The maximum Gasteiger partial charge on any atom is 0.156 e. The molecule has 2 rings (SSSR count). The molecule has 1 aromatic heterocycles. The molecule has 0 radical (unpaired) electrons. The summed E-state index contributed by atoms with van der Waals surface area (Å²) < 4.78 is 0. The number of nitrogens with one attached hydrogen (secondary N) is 1. The number of nitrogen functional groups attached to an aromatic ring is 2. The number of ketones is 1. The van der Waals surface area contributed by atoms with Gasteiger partial charge in [-0.25, -0.2) is 9.97 Å². The molecule has 98 valence electrons. The van der Waals surface area contributed by atoms with E-state index in [2.05, 4.69) is 15.3 Å². The van der Waals surface area contributed by atoms with Gasteiger partial charge in [-0.05, 0) is 17.7 Å². The number of hydrogen-bond acceptors (Lipinski definition) is 6. The van der Waals surface area contributed by atoms with Gasteiger partial charge in [0.1, 0.15) is 18.0 Å². The lowest BCUT2D eigenvalue weighted by Gasteiger charge is -2.05. The monoisotopic (exact) mass is 257 g/mol. The van der Waals surface area contributed by atoms with Gasteiger partial charge in [-0.3, -0.25) is 4.79 Å². The lowest BCUT2D eigenvalue weighted by molar-refractivity contribution is -0.116. The van der Waals surface area contributed by atoms with Crippen LogP contribution < -0.4 is 16.8 Å². The summed E-state index contributed by atoms with van der Waals surface area (Å²) in [6.07, 6.45) is 1.70. The van der Waals surface area contributed by atoms with Crippen molar-refractivity contribution in [2.24, 2.45) is 0 Å². The normalized spacial score (nSPS) is 10.1. The molecule has 0 aliphatic rings. The predicted octanol–water partition coefficient (Wildman–Crippen LogP) is 0.865. The number of anilines is 3. The third-order valence-electron chi connectivity index (χ3n) is 2.54. The number of Topliss-reactive ketones (excluding diaryl/α,β-unsaturated/α-hetero) is 1. The van der Waals surface area contributed by atoms with E-state index in [1.165, 1.54) is 6.33 Å². The molecule has 1 aromatic carbocycles. The van der Waals surface area contributed by atoms with Crippen LogP contribution in [0.4, 0.5) is 17.3 Å². The fourth-order valence-electron chi connectivity index (χ4n) is 1.58. The zero-order chi connectivity index (χ0) is 13.7. The minimum absolute atomic E-state index is 0.0574. The summed E-state index contributed by atoms with van der Waals surface area (Å²) in [7, 11) is 0. The van der Waals surface area contributed by atoms with Crippen molar-refractivity contribution in [1.29, 1.82) is 0 Å². The SMILES string of the molecule is Nc1ccc(CC(=O)CNc2cc(N)ncn2)cc1. The Hall–Kier alpha value is -2.63. The third-order valence-corrected chi connectivity index (χ3v) is 2.54. The first-order valence-corrected chi connectivity index (χ1v) is 5.81. The van der Waals surface area contributed by atoms with Crippen LogP contribution in [0.1, 0.15) is 5.56 Å². The Morgan fingerprint density at radius 2 is 1.89 bits per heavy atom. The van der Waals surface area contributed by atoms with Gasteiger partial charge in [0, 0.05) is 18.2 Å². The second-order valence-corrected chi connectivity index (χ2v) is 4.14. The number of nitrogens with two attached hydrogens (primary N) is 2. The van der Waals surface area contributed by atoms with E-state index in [9.17, 15) is 4.79 Å². The van der Waals surface area contributed by atoms with Gasteiger partial charge in [0.2, 0.25) is 0 Å². The van der Waals surface area contributed by atoms with E-state index in [1.807, 2.05) is 12.1 Å². The molecule has 1 heterocycles. The molecule has 6 nitrogen and oxygen atoms in total. The number of hydrogen-bond donors (Lipinski definition) is 3. The third kappa shape index (κ3) is 3.95. The van der Waals surface area contributed by atoms with Crippen molar-refractivity contribution in [1.82, 2.24) is 9.97 Å². The first-order chi connectivity index (χ1) is 9.13. The van der Waals surface area contributed by atoms with Gasteiger partial charge in [0.05, 0.1) is 6.54 Å². The van der Waals surface area contributed by atoms with E-state index in [0.29, 0.717) is 23.7 Å². The van der Waals surface area contributed by atoms with Crippen molar-refractivity contribution in [3.05, 3.63) is 42.2 Å². The molecular weight excluding hydrogens is 242 g/mol. The van der Waals surface area contributed by atoms with Crippen LogP contribution in [0.2, 0.25) is 0 Å². The summed E-state index contributed by atoms with van der Waals surface area (Å²) in [4.78, 5) is 19.5. The Bertz CT molecular complexity index is 568. The quantitative estimate of drug-likeness (QED) is 0.686. The molecule has 6 heteroatoms. The number of carbonyl (C=O) groups excluding carboxylic acids is 1. The van der Waals surface area contributed by atoms with Crippen molar-refractivity contribution in [3.63, 3.8) is 0 Å². The molecule has 0 spiro atoms. The number of rotatable bonds is 5. The first-order valence-electron chi connectivity index (χ1n) is 5.81. The molecule has 5 N–H and O–H groups in total. The summed E-state index contributed by atoms with van der Waals surface area (Å²) in [5, 5.41) is 2.91. The highest BCUT2D eigenvalue weighted by atomic mass is 16.1. The molecule has 0 unspecified atom stereocenters. The number of aromatic nitrogens is 2. The van der Waals surface area contributed by atoms with Gasteiger partial charge in [0.25, 0.3) is 0 Å². The lowest BCUT2D eigenvalue weighted by atomic mass is 10.1. The van der Waals surface area contributed by atoms with Crippen molar-refractivity contribution >= 4 is 23.1 Å². The molecule has 2 aromatic rings. The van der Waals surface area contributed by atoms with Crippen LogP contribution in [0.15, 0.2) is 36.7 Å². The van der Waals surface area contributed by atoms with Crippen LogP contribution in [-0.2, 0) is 11.2 Å². The lowest BCUT2D eigenvalue weighted by Crippen LogP contribution is -2.16. The second-order valence-electron chi connectivity index (χ2n) is 4.14. The molecule has 0 saturated carbocycles. The molecule has 0 aliphatic carbocycles. The predicted molar refractivity (Wildman–Crippen MR) is 74.5 cm³/mol. The van der Waals surface area contributed by atoms with E-state index in [0.717, 1.165) is 5.56 Å². The standard InChI is InChI=1S/C13H15N5O/c14-10-3-1-9(2-4-10)5-11(19)7-16-13-6-12(15)17-8-18-13/h1-4,6,8H,5,7,14H2,(H3,15,16,17,18). The van der Waals surface area contributed by atoms with Gasteiger partial charge in [-0.1, -0.05) is 12.1 Å². The average molecular weight is 257 g/mol. The average Bonchev–Trinajstić information content (AvgIpc) is 2.39. The highest BCUT2D eigenvalue weighted by Crippen LogP contribution is 2.07. The number of carbonyl (C=O) groups is 1. The molecular formula is C13H15N5O. The molecule has 0 saturated heterocycles. The zero-order valence-electron chi connectivity index (χ0n) is 10.3. The number of nitrogens with zero attached hydrogens (tertiary/aromatic N) is 2. The Morgan fingerprint density at radius 3 is 2.58 bits per heavy atom. The maximum atomic E-state index is 11.8. The van der Waals surface area contributed by atoms with Crippen LogP contribution >= 0.6 is 0 Å². The van der Waals surface area contributed by atoms with E-state index < -0.39 is 0 Å². The van der Waals surface area contributed by atoms with Crippen LogP contribution in [0.5, 0.6) is 0 Å². The smallest absolute Gasteiger partial charge is 0.156 e. The largest absolute Gasteiger partial charge is 0.399 e. The topological polar surface area (TPSA) is 107 Å². The van der Waals surface area contributed by atoms with Gasteiger partial charge in [-0.15, -0.1) is 0 Å². The summed E-state index contributed by atoms with van der Waals surface area (Å²) in [6.45, 7) is 0.195. The van der Waals surface area contributed by atoms with Crippen molar-refractivity contribution in [3.8, 4) is 0 Å². The highest BCUT2D eigenvalue weighted by Gasteiger charge is 2.04. The van der Waals surface area contributed by atoms with E-state index in [1.54, 1.807) is 18.2 Å². The first kappa shape index (κ1) is 12.8.